The van der Waals surface area contributed by atoms with Crippen LogP contribution < -0.4 is 10.6 Å². The number of aliphatic hydroxyl groups is 1. The third-order valence-corrected chi connectivity index (χ3v) is 1.97. The maximum Gasteiger partial charge on any atom is 0.242 e. The predicted octanol–water partition coefficient (Wildman–Crippen LogP) is -1.24. The third kappa shape index (κ3) is 2.69. The number of hydrogen-bond donors (Lipinski definition) is 3. The van der Waals surface area contributed by atoms with Gasteiger partial charge in [-0.1, -0.05) is 0 Å². The molecule has 1 rings (SSSR count). The van der Waals surface area contributed by atoms with Crippen molar-refractivity contribution in [2.24, 2.45) is 0 Å². The molecule has 0 aromatic heterocycles. The van der Waals surface area contributed by atoms with Crippen LogP contribution in [-0.4, -0.2) is 35.6 Å². The van der Waals surface area contributed by atoms with Crippen LogP contribution in [0.25, 0.3) is 0 Å². The molecule has 1 aliphatic heterocycles. The summed E-state index contributed by atoms with van der Waals surface area (Å²) in [6.45, 7) is 1.61. The molecule has 1 heterocycles. The van der Waals surface area contributed by atoms with Crippen LogP contribution in [0.1, 0.15) is 19.8 Å². The van der Waals surface area contributed by atoms with E-state index in [-0.39, 0.29) is 24.5 Å². The molecular weight excluding hydrogens is 172 g/mol. The topological polar surface area (TPSA) is 78.4 Å². The fourth-order valence-electron chi connectivity index (χ4n) is 1.20. The Kier molecular flexibility index (Phi) is 3.25. The number of aliphatic hydroxyl groups excluding tert-OH is 1. The number of amides is 2. The Labute approximate surface area is 76.5 Å². The lowest BCUT2D eigenvalue weighted by Crippen LogP contribution is -2.46. The highest BCUT2D eigenvalue weighted by Gasteiger charge is 2.27. The monoisotopic (exact) mass is 186 g/mol. The minimum Gasteiger partial charge on any atom is -0.394 e. The molecule has 5 heteroatoms. The van der Waals surface area contributed by atoms with Crippen LogP contribution in [-0.2, 0) is 9.59 Å². The van der Waals surface area contributed by atoms with Gasteiger partial charge in [-0.2, -0.15) is 0 Å². The fraction of sp³-hybridized carbons (Fsp3) is 0.750. The van der Waals surface area contributed by atoms with Gasteiger partial charge in [0.05, 0.1) is 6.61 Å². The summed E-state index contributed by atoms with van der Waals surface area (Å²) < 4.78 is 0. The Morgan fingerprint density at radius 1 is 1.85 bits per heavy atom. The van der Waals surface area contributed by atoms with E-state index in [1.165, 1.54) is 0 Å². The maximum atomic E-state index is 11.3. The van der Waals surface area contributed by atoms with Gasteiger partial charge in [-0.15, -0.1) is 0 Å². The van der Waals surface area contributed by atoms with E-state index < -0.39 is 6.04 Å². The van der Waals surface area contributed by atoms with Gasteiger partial charge in [0.2, 0.25) is 11.8 Å². The molecule has 0 aromatic rings. The first-order valence-corrected chi connectivity index (χ1v) is 4.34. The van der Waals surface area contributed by atoms with Gasteiger partial charge in [-0.3, -0.25) is 9.59 Å². The van der Waals surface area contributed by atoms with Crippen molar-refractivity contribution in [2.75, 3.05) is 6.61 Å². The molecule has 74 valence electrons. The summed E-state index contributed by atoms with van der Waals surface area (Å²) in [5.41, 5.74) is 0. The van der Waals surface area contributed by atoms with Gasteiger partial charge in [0.25, 0.3) is 0 Å². The first-order valence-electron chi connectivity index (χ1n) is 4.34. The largest absolute Gasteiger partial charge is 0.394 e. The van der Waals surface area contributed by atoms with Crippen LogP contribution in [0.3, 0.4) is 0 Å². The quantitative estimate of drug-likeness (QED) is 0.516. The highest BCUT2D eigenvalue weighted by atomic mass is 16.3. The van der Waals surface area contributed by atoms with Crippen molar-refractivity contribution in [1.82, 2.24) is 10.6 Å². The summed E-state index contributed by atoms with van der Waals surface area (Å²) in [5.74, 6) is -0.302. The second-order valence-electron chi connectivity index (χ2n) is 3.25. The van der Waals surface area contributed by atoms with E-state index >= 15 is 0 Å². The lowest BCUT2D eigenvalue weighted by atomic mass is 10.2. The molecule has 13 heavy (non-hydrogen) atoms. The van der Waals surface area contributed by atoms with Crippen molar-refractivity contribution in [3.05, 3.63) is 0 Å². The Morgan fingerprint density at radius 2 is 2.54 bits per heavy atom. The van der Waals surface area contributed by atoms with Crippen LogP contribution in [0, 0.1) is 0 Å². The summed E-state index contributed by atoms with van der Waals surface area (Å²) >= 11 is 0. The highest BCUT2D eigenvalue weighted by Crippen LogP contribution is 2.06. The third-order valence-electron chi connectivity index (χ3n) is 1.97. The fourth-order valence-corrected chi connectivity index (χ4v) is 1.20. The minimum absolute atomic E-state index is 0.0863. The number of carbonyl (C=O) groups is 2. The summed E-state index contributed by atoms with van der Waals surface area (Å²) in [4.78, 5) is 22.1. The zero-order chi connectivity index (χ0) is 9.84. The van der Waals surface area contributed by atoms with Crippen LogP contribution in [0.2, 0.25) is 0 Å². The van der Waals surface area contributed by atoms with E-state index in [0.29, 0.717) is 12.8 Å². The predicted molar refractivity (Wildman–Crippen MR) is 45.9 cm³/mol. The van der Waals surface area contributed by atoms with Crippen molar-refractivity contribution in [3.63, 3.8) is 0 Å². The molecular formula is C8H14N2O3. The molecule has 1 aliphatic rings. The van der Waals surface area contributed by atoms with E-state index in [2.05, 4.69) is 10.6 Å². The van der Waals surface area contributed by atoms with Gasteiger partial charge in [0, 0.05) is 12.5 Å². The molecule has 0 radical (unpaired) electrons. The normalized spacial score (nSPS) is 23.8. The Morgan fingerprint density at radius 3 is 3.00 bits per heavy atom. The van der Waals surface area contributed by atoms with Gasteiger partial charge < -0.3 is 15.7 Å². The first-order chi connectivity index (χ1) is 6.13. The van der Waals surface area contributed by atoms with Crippen molar-refractivity contribution in [2.45, 2.75) is 31.8 Å². The molecule has 2 amide bonds. The van der Waals surface area contributed by atoms with Crippen LogP contribution >= 0.6 is 0 Å². The lowest BCUT2D eigenvalue weighted by Gasteiger charge is -2.14. The molecule has 0 bridgehead atoms. The SMILES string of the molecule is CC(CO)NC(=O)[C@H]1CCC(=O)N1. The van der Waals surface area contributed by atoms with Crippen LogP contribution in [0.15, 0.2) is 0 Å². The number of nitrogens with one attached hydrogen (secondary N) is 2. The molecule has 2 atom stereocenters. The molecule has 5 nitrogen and oxygen atoms in total. The molecule has 1 fully saturated rings. The Balaban J connectivity index is 2.35. The first kappa shape index (κ1) is 9.98. The van der Waals surface area contributed by atoms with E-state index in [0.717, 1.165) is 0 Å². The summed E-state index contributed by atoms with van der Waals surface area (Å²) in [7, 11) is 0. The van der Waals surface area contributed by atoms with Gasteiger partial charge in [0.1, 0.15) is 6.04 Å². The standard InChI is InChI=1S/C8H14N2O3/c1-5(4-11)9-8(13)6-2-3-7(12)10-6/h5-6,11H,2-4H2,1H3,(H,9,13)(H,10,12)/t5?,6-/m1/s1. The van der Waals surface area contributed by atoms with Crippen molar-refractivity contribution < 1.29 is 14.7 Å². The Bertz CT molecular complexity index is 217. The van der Waals surface area contributed by atoms with E-state index in [1.54, 1.807) is 6.92 Å². The average Bonchev–Trinajstić information content (AvgIpc) is 2.51. The van der Waals surface area contributed by atoms with Crippen molar-refractivity contribution in [3.8, 4) is 0 Å². The zero-order valence-electron chi connectivity index (χ0n) is 7.54. The highest BCUT2D eigenvalue weighted by molar-refractivity contribution is 5.90. The van der Waals surface area contributed by atoms with E-state index in [9.17, 15) is 9.59 Å². The molecule has 1 unspecified atom stereocenters. The van der Waals surface area contributed by atoms with E-state index in [4.69, 9.17) is 5.11 Å². The second-order valence-corrected chi connectivity index (χ2v) is 3.25. The second kappa shape index (κ2) is 4.23. The molecule has 0 aromatic carbocycles. The lowest BCUT2D eigenvalue weighted by molar-refractivity contribution is -0.126. The van der Waals surface area contributed by atoms with Crippen molar-refractivity contribution >= 4 is 11.8 Å². The maximum absolute atomic E-state index is 11.3. The zero-order valence-corrected chi connectivity index (χ0v) is 7.54. The Hall–Kier alpha value is -1.10. The molecule has 0 saturated carbocycles. The van der Waals surface area contributed by atoms with Crippen molar-refractivity contribution in [1.29, 1.82) is 0 Å². The molecule has 0 aliphatic carbocycles. The molecule has 0 spiro atoms. The summed E-state index contributed by atoms with van der Waals surface area (Å²) in [6.07, 6.45) is 0.953. The van der Waals surface area contributed by atoms with Gasteiger partial charge in [-0.25, -0.2) is 0 Å². The van der Waals surface area contributed by atoms with Gasteiger partial charge in [0.15, 0.2) is 0 Å². The molecule has 3 N–H and O–H groups in total. The van der Waals surface area contributed by atoms with Crippen LogP contribution in [0.4, 0.5) is 0 Å². The average molecular weight is 186 g/mol. The summed E-state index contributed by atoms with van der Waals surface area (Å²) in [6, 6.07) is -0.675. The van der Waals surface area contributed by atoms with Gasteiger partial charge >= 0.3 is 0 Å². The minimum atomic E-state index is -0.415. The smallest absolute Gasteiger partial charge is 0.242 e. The summed E-state index contributed by atoms with van der Waals surface area (Å²) in [5, 5.41) is 13.8. The number of hydrogen-bond acceptors (Lipinski definition) is 3. The van der Waals surface area contributed by atoms with E-state index in [1.807, 2.05) is 0 Å². The number of carbonyl (C=O) groups excluding carboxylic acids is 2. The van der Waals surface area contributed by atoms with Crippen LogP contribution in [0.5, 0.6) is 0 Å². The molecule has 1 saturated heterocycles. The number of rotatable bonds is 3. The van der Waals surface area contributed by atoms with Gasteiger partial charge in [-0.05, 0) is 13.3 Å².